The number of hydrogen-bond acceptors (Lipinski definition) is 3. The molecule has 0 fully saturated rings. The quantitative estimate of drug-likeness (QED) is 0.788. The summed E-state index contributed by atoms with van der Waals surface area (Å²) in [5.41, 5.74) is 3.21. The smallest absolute Gasteiger partial charge is 0.123 e. The van der Waals surface area contributed by atoms with Gasteiger partial charge in [-0.2, -0.15) is 0 Å². The lowest BCUT2D eigenvalue weighted by atomic mass is 9.90. The molecular formula is C16H18O3. The van der Waals surface area contributed by atoms with E-state index in [1.54, 1.807) is 18.2 Å². The Hall–Kier alpha value is -2.16. The summed E-state index contributed by atoms with van der Waals surface area (Å²) >= 11 is 0. The van der Waals surface area contributed by atoms with Crippen molar-refractivity contribution in [2.24, 2.45) is 0 Å². The van der Waals surface area contributed by atoms with Gasteiger partial charge >= 0.3 is 0 Å². The van der Waals surface area contributed by atoms with Gasteiger partial charge in [0.2, 0.25) is 0 Å². The molecule has 3 heteroatoms. The molecule has 0 spiro atoms. The van der Waals surface area contributed by atoms with E-state index in [-0.39, 0.29) is 17.2 Å². The van der Waals surface area contributed by atoms with Crippen molar-refractivity contribution in [1.82, 2.24) is 0 Å². The van der Waals surface area contributed by atoms with Crippen LogP contribution in [-0.4, -0.2) is 15.3 Å². The lowest BCUT2D eigenvalue weighted by Crippen LogP contribution is -1.96. The zero-order chi connectivity index (χ0) is 14.0. The van der Waals surface area contributed by atoms with Crippen molar-refractivity contribution in [1.29, 1.82) is 0 Å². The summed E-state index contributed by atoms with van der Waals surface area (Å²) in [5, 5.41) is 29.6. The van der Waals surface area contributed by atoms with Gasteiger partial charge in [-0.05, 0) is 36.1 Å². The molecule has 0 bridgehead atoms. The average Bonchev–Trinajstić information content (AvgIpc) is 2.38. The average molecular weight is 258 g/mol. The monoisotopic (exact) mass is 258 g/mol. The van der Waals surface area contributed by atoms with Gasteiger partial charge in [-0.3, -0.25) is 0 Å². The molecule has 2 aromatic rings. The first kappa shape index (κ1) is 13.3. The summed E-state index contributed by atoms with van der Waals surface area (Å²) in [5.74, 6) is 0.357. The Morgan fingerprint density at radius 1 is 0.842 bits per heavy atom. The molecule has 3 nitrogen and oxygen atoms in total. The highest BCUT2D eigenvalue weighted by atomic mass is 16.3. The number of hydrogen-bond donors (Lipinski definition) is 3. The third-order valence-electron chi connectivity index (χ3n) is 3.34. The molecule has 0 saturated carbocycles. The first-order valence-corrected chi connectivity index (χ1v) is 6.44. The molecular weight excluding hydrogens is 240 g/mol. The van der Waals surface area contributed by atoms with E-state index < -0.39 is 0 Å². The van der Waals surface area contributed by atoms with E-state index in [9.17, 15) is 15.3 Å². The molecule has 100 valence electrons. The maximum Gasteiger partial charge on any atom is 0.123 e. The molecule has 3 N–H and O–H groups in total. The molecule has 0 aromatic heterocycles. The Morgan fingerprint density at radius 2 is 1.42 bits per heavy atom. The van der Waals surface area contributed by atoms with Gasteiger partial charge in [-0.15, -0.1) is 0 Å². The van der Waals surface area contributed by atoms with E-state index in [2.05, 4.69) is 0 Å². The summed E-state index contributed by atoms with van der Waals surface area (Å²) < 4.78 is 0. The van der Waals surface area contributed by atoms with Crippen LogP contribution in [0.5, 0.6) is 17.2 Å². The molecule has 0 saturated heterocycles. The SMILES string of the molecule is CCc1c(O)cc(O)c(CC)c1-c1cccc(O)c1. The molecule has 0 aliphatic carbocycles. The summed E-state index contributed by atoms with van der Waals surface area (Å²) in [6.45, 7) is 3.91. The minimum absolute atomic E-state index is 0.0931. The van der Waals surface area contributed by atoms with Crippen molar-refractivity contribution in [2.45, 2.75) is 26.7 Å². The standard InChI is InChI=1S/C16H18O3/c1-3-12-14(18)9-15(19)13(4-2)16(12)10-6-5-7-11(17)8-10/h5-9,17-19H,3-4H2,1-2H3. The maximum absolute atomic E-state index is 10.0. The van der Waals surface area contributed by atoms with E-state index >= 15 is 0 Å². The summed E-state index contributed by atoms with van der Waals surface area (Å²) in [6, 6.07) is 8.26. The third-order valence-corrected chi connectivity index (χ3v) is 3.34. The van der Waals surface area contributed by atoms with Crippen LogP contribution in [0, 0.1) is 0 Å². The fourth-order valence-corrected chi connectivity index (χ4v) is 2.47. The summed E-state index contributed by atoms with van der Waals surface area (Å²) in [7, 11) is 0. The van der Waals surface area contributed by atoms with Gasteiger partial charge in [0.1, 0.15) is 17.2 Å². The predicted octanol–water partition coefficient (Wildman–Crippen LogP) is 3.60. The van der Waals surface area contributed by atoms with Crippen LogP contribution >= 0.6 is 0 Å². The number of benzene rings is 2. The number of aromatic hydroxyl groups is 3. The van der Waals surface area contributed by atoms with E-state index in [0.717, 1.165) is 22.3 Å². The maximum atomic E-state index is 10.0. The minimum Gasteiger partial charge on any atom is -0.508 e. The van der Waals surface area contributed by atoms with Gasteiger partial charge in [-0.25, -0.2) is 0 Å². The first-order valence-electron chi connectivity index (χ1n) is 6.44. The number of phenolic OH excluding ortho intramolecular Hbond substituents is 3. The molecule has 0 aliphatic heterocycles. The second-order valence-corrected chi connectivity index (χ2v) is 4.50. The van der Waals surface area contributed by atoms with Crippen molar-refractivity contribution in [3.05, 3.63) is 41.5 Å². The predicted molar refractivity (Wildman–Crippen MR) is 75.6 cm³/mol. The van der Waals surface area contributed by atoms with Crippen molar-refractivity contribution < 1.29 is 15.3 Å². The van der Waals surface area contributed by atoms with Crippen LogP contribution in [0.4, 0.5) is 0 Å². The van der Waals surface area contributed by atoms with Crippen molar-refractivity contribution >= 4 is 0 Å². The lowest BCUT2D eigenvalue weighted by molar-refractivity contribution is 0.443. The third kappa shape index (κ3) is 2.36. The fraction of sp³-hybridized carbons (Fsp3) is 0.250. The van der Waals surface area contributed by atoms with Gasteiger partial charge in [0.25, 0.3) is 0 Å². The van der Waals surface area contributed by atoms with E-state index in [4.69, 9.17) is 0 Å². The molecule has 0 aliphatic rings. The zero-order valence-corrected chi connectivity index (χ0v) is 11.1. The Labute approximate surface area is 112 Å². The Bertz CT molecular complexity index is 575. The van der Waals surface area contributed by atoms with Crippen LogP contribution in [0.15, 0.2) is 30.3 Å². The second kappa shape index (κ2) is 5.22. The molecule has 0 amide bonds. The highest BCUT2D eigenvalue weighted by molar-refractivity contribution is 5.77. The van der Waals surface area contributed by atoms with Crippen LogP contribution in [0.3, 0.4) is 0 Å². The van der Waals surface area contributed by atoms with Gasteiger partial charge in [0.05, 0.1) is 0 Å². The molecule has 0 heterocycles. The fourth-order valence-electron chi connectivity index (χ4n) is 2.47. The van der Waals surface area contributed by atoms with E-state index in [1.807, 2.05) is 19.9 Å². The van der Waals surface area contributed by atoms with Gasteiger partial charge < -0.3 is 15.3 Å². The first-order chi connectivity index (χ1) is 9.08. The lowest BCUT2D eigenvalue weighted by Gasteiger charge is -2.17. The molecule has 0 atom stereocenters. The number of phenols is 3. The Kier molecular flexibility index (Phi) is 3.65. The van der Waals surface area contributed by atoms with Crippen molar-refractivity contribution in [2.75, 3.05) is 0 Å². The number of rotatable bonds is 3. The second-order valence-electron chi connectivity index (χ2n) is 4.50. The van der Waals surface area contributed by atoms with Crippen LogP contribution in [-0.2, 0) is 12.8 Å². The topological polar surface area (TPSA) is 60.7 Å². The van der Waals surface area contributed by atoms with Crippen LogP contribution in [0.1, 0.15) is 25.0 Å². The van der Waals surface area contributed by atoms with Crippen LogP contribution in [0.2, 0.25) is 0 Å². The van der Waals surface area contributed by atoms with Gasteiger partial charge in [0, 0.05) is 17.2 Å². The van der Waals surface area contributed by atoms with Gasteiger partial charge in [-0.1, -0.05) is 26.0 Å². The molecule has 0 radical (unpaired) electrons. The summed E-state index contributed by atoms with van der Waals surface area (Å²) in [4.78, 5) is 0. The molecule has 2 rings (SSSR count). The highest BCUT2D eigenvalue weighted by Gasteiger charge is 2.17. The largest absolute Gasteiger partial charge is 0.508 e. The minimum atomic E-state index is 0.0931. The van der Waals surface area contributed by atoms with Crippen LogP contribution in [0.25, 0.3) is 11.1 Å². The summed E-state index contributed by atoms with van der Waals surface area (Å²) in [6.07, 6.45) is 1.31. The van der Waals surface area contributed by atoms with Crippen molar-refractivity contribution in [3.63, 3.8) is 0 Å². The van der Waals surface area contributed by atoms with E-state index in [0.29, 0.717) is 12.8 Å². The van der Waals surface area contributed by atoms with Crippen molar-refractivity contribution in [3.8, 4) is 28.4 Å². The van der Waals surface area contributed by atoms with Crippen LogP contribution < -0.4 is 0 Å². The Balaban J connectivity index is 2.79. The van der Waals surface area contributed by atoms with Gasteiger partial charge in [0.15, 0.2) is 0 Å². The normalized spacial score (nSPS) is 10.6. The zero-order valence-electron chi connectivity index (χ0n) is 11.1. The highest BCUT2D eigenvalue weighted by Crippen LogP contribution is 2.40. The Morgan fingerprint density at radius 3 is 1.89 bits per heavy atom. The molecule has 19 heavy (non-hydrogen) atoms. The molecule has 2 aromatic carbocycles. The molecule has 0 unspecified atom stereocenters. The van der Waals surface area contributed by atoms with E-state index in [1.165, 1.54) is 6.07 Å².